The van der Waals surface area contributed by atoms with Crippen LogP contribution < -0.4 is 0 Å². The molecule has 1 amide bonds. The Balaban J connectivity index is 1.68. The molecule has 0 saturated carbocycles. The van der Waals surface area contributed by atoms with Gasteiger partial charge in [0, 0.05) is 31.7 Å². The van der Waals surface area contributed by atoms with Gasteiger partial charge in [0.05, 0.1) is 4.90 Å². The van der Waals surface area contributed by atoms with E-state index in [0.717, 1.165) is 5.56 Å². The van der Waals surface area contributed by atoms with E-state index in [9.17, 15) is 17.6 Å². The molecule has 2 aromatic carbocycles. The third kappa shape index (κ3) is 4.25. The summed E-state index contributed by atoms with van der Waals surface area (Å²) in [6.07, 6.45) is 0. The van der Waals surface area contributed by atoms with Crippen LogP contribution in [0.3, 0.4) is 0 Å². The summed E-state index contributed by atoms with van der Waals surface area (Å²) in [5.74, 6) is -0.614. The summed E-state index contributed by atoms with van der Waals surface area (Å²) in [5, 5.41) is 0. The van der Waals surface area contributed by atoms with Crippen LogP contribution in [-0.2, 0) is 15.4 Å². The van der Waals surface area contributed by atoms with Crippen molar-refractivity contribution in [2.24, 2.45) is 0 Å². The number of piperazine rings is 1. The van der Waals surface area contributed by atoms with Crippen LogP contribution in [0.4, 0.5) is 4.39 Å². The van der Waals surface area contributed by atoms with Crippen molar-refractivity contribution in [2.45, 2.75) is 31.1 Å². The van der Waals surface area contributed by atoms with E-state index < -0.39 is 15.8 Å². The molecule has 0 aliphatic carbocycles. The van der Waals surface area contributed by atoms with E-state index in [1.54, 1.807) is 17.0 Å². The van der Waals surface area contributed by atoms with Gasteiger partial charge in [-0.3, -0.25) is 4.79 Å². The van der Waals surface area contributed by atoms with E-state index in [1.807, 2.05) is 12.1 Å². The lowest BCUT2D eigenvalue weighted by atomic mass is 9.87. The van der Waals surface area contributed by atoms with Crippen LogP contribution in [0.2, 0.25) is 0 Å². The van der Waals surface area contributed by atoms with Gasteiger partial charge >= 0.3 is 0 Å². The number of sulfonamides is 1. The molecule has 1 aliphatic rings. The van der Waals surface area contributed by atoms with Gasteiger partial charge in [0.2, 0.25) is 10.0 Å². The number of carbonyl (C=O) groups excluding carboxylic acids is 1. The standard InChI is InChI=1S/C21H25FN2O3S/c1-21(2,3)17-6-10-19(11-7-17)28(26,27)24-14-12-23(13-15-24)20(25)16-4-8-18(22)9-5-16/h4-11H,12-15H2,1-3H3. The van der Waals surface area contributed by atoms with Crippen LogP contribution in [0.15, 0.2) is 53.4 Å². The van der Waals surface area contributed by atoms with Gasteiger partial charge in [0.15, 0.2) is 0 Å². The minimum atomic E-state index is -3.60. The van der Waals surface area contributed by atoms with Crippen molar-refractivity contribution in [2.75, 3.05) is 26.2 Å². The number of carbonyl (C=O) groups is 1. The smallest absolute Gasteiger partial charge is 0.253 e. The van der Waals surface area contributed by atoms with Crippen LogP contribution in [0, 0.1) is 5.82 Å². The van der Waals surface area contributed by atoms with Crippen LogP contribution >= 0.6 is 0 Å². The van der Waals surface area contributed by atoms with Gasteiger partial charge < -0.3 is 4.90 Å². The highest BCUT2D eigenvalue weighted by molar-refractivity contribution is 7.89. The molecule has 0 radical (unpaired) electrons. The molecule has 0 unspecified atom stereocenters. The van der Waals surface area contributed by atoms with E-state index in [0.29, 0.717) is 18.7 Å². The molecule has 3 rings (SSSR count). The molecule has 1 aliphatic heterocycles. The first kappa shape index (κ1) is 20.5. The van der Waals surface area contributed by atoms with E-state index in [1.165, 1.54) is 28.6 Å². The molecular weight excluding hydrogens is 379 g/mol. The molecule has 0 N–H and O–H groups in total. The largest absolute Gasteiger partial charge is 0.336 e. The van der Waals surface area contributed by atoms with Crippen molar-refractivity contribution in [3.05, 3.63) is 65.5 Å². The Morgan fingerprint density at radius 1 is 0.893 bits per heavy atom. The third-order valence-electron chi connectivity index (χ3n) is 4.98. The molecule has 0 aromatic heterocycles. The number of nitrogens with zero attached hydrogens (tertiary/aromatic N) is 2. The Morgan fingerprint density at radius 2 is 1.43 bits per heavy atom. The molecule has 150 valence electrons. The second-order valence-corrected chi connectivity index (χ2v) is 9.92. The van der Waals surface area contributed by atoms with Crippen molar-refractivity contribution >= 4 is 15.9 Å². The maximum absolute atomic E-state index is 13.0. The normalized spacial score (nSPS) is 16.2. The Morgan fingerprint density at radius 3 is 1.93 bits per heavy atom. The number of halogens is 1. The molecule has 0 atom stereocenters. The topological polar surface area (TPSA) is 57.7 Å². The van der Waals surface area contributed by atoms with Crippen LogP contribution in [0.25, 0.3) is 0 Å². The summed E-state index contributed by atoms with van der Waals surface area (Å²) in [7, 11) is -3.60. The lowest BCUT2D eigenvalue weighted by Crippen LogP contribution is -2.50. The summed E-state index contributed by atoms with van der Waals surface area (Å²) < 4.78 is 40.3. The number of hydrogen-bond acceptors (Lipinski definition) is 3. The highest BCUT2D eigenvalue weighted by atomic mass is 32.2. The maximum atomic E-state index is 13.0. The summed E-state index contributed by atoms with van der Waals surface area (Å²) in [6, 6.07) is 12.4. The number of benzene rings is 2. The number of amides is 1. The van der Waals surface area contributed by atoms with Crippen molar-refractivity contribution in [1.29, 1.82) is 0 Å². The zero-order chi connectivity index (χ0) is 20.5. The van der Waals surface area contributed by atoms with Crippen molar-refractivity contribution in [3.8, 4) is 0 Å². The fourth-order valence-corrected chi connectivity index (χ4v) is 4.60. The highest BCUT2D eigenvalue weighted by Crippen LogP contribution is 2.25. The second kappa shape index (κ2) is 7.64. The van der Waals surface area contributed by atoms with Gasteiger partial charge in [-0.15, -0.1) is 0 Å². The first-order valence-corrected chi connectivity index (χ1v) is 10.7. The SMILES string of the molecule is CC(C)(C)c1ccc(S(=O)(=O)N2CCN(C(=O)c3ccc(F)cc3)CC2)cc1. The van der Waals surface area contributed by atoms with E-state index in [2.05, 4.69) is 20.8 Å². The van der Waals surface area contributed by atoms with Crippen molar-refractivity contribution in [1.82, 2.24) is 9.21 Å². The zero-order valence-corrected chi connectivity index (χ0v) is 17.2. The maximum Gasteiger partial charge on any atom is 0.253 e. The Kier molecular flexibility index (Phi) is 5.59. The lowest BCUT2D eigenvalue weighted by molar-refractivity contribution is 0.0698. The predicted octanol–water partition coefficient (Wildman–Crippen LogP) is 3.27. The van der Waals surface area contributed by atoms with Gasteiger partial charge in [-0.2, -0.15) is 4.31 Å². The summed E-state index contributed by atoms with van der Waals surface area (Å²) >= 11 is 0. The van der Waals surface area contributed by atoms with E-state index in [4.69, 9.17) is 0 Å². The molecule has 0 bridgehead atoms. The fourth-order valence-electron chi connectivity index (χ4n) is 3.18. The average molecular weight is 405 g/mol. The molecule has 1 heterocycles. The number of hydrogen-bond donors (Lipinski definition) is 0. The minimum Gasteiger partial charge on any atom is -0.336 e. The molecule has 5 nitrogen and oxygen atoms in total. The van der Waals surface area contributed by atoms with E-state index >= 15 is 0 Å². The van der Waals surface area contributed by atoms with Crippen molar-refractivity contribution in [3.63, 3.8) is 0 Å². The van der Waals surface area contributed by atoms with Gasteiger partial charge in [-0.05, 0) is 47.4 Å². The Labute approximate surface area is 165 Å². The molecule has 1 saturated heterocycles. The van der Waals surface area contributed by atoms with Gasteiger partial charge in [-0.25, -0.2) is 12.8 Å². The van der Waals surface area contributed by atoms with Crippen molar-refractivity contribution < 1.29 is 17.6 Å². The molecule has 28 heavy (non-hydrogen) atoms. The van der Waals surface area contributed by atoms with Gasteiger partial charge in [-0.1, -0.05) is 32.9 Å². The van der Waals surface area contributed by atoms with Gasteiger partial charge in [0.1, 0.15) is 5.82 Å². The molecule has 7 heteroatoms. The first-order chi connectivity index (χ1) is 13.1. The average Bonchev–Trinajstić information content (AvgIpc) is 2.67. The third-order valence-corrected chi connectivity index (χ3v) is 6.89. The summed E-state index contributed by atoms with van der Waals surface area (Å²) in [5.41, 5.74) is 1.42. The molecule has 2 aromatic rings. The predicted molar refractivity (Wildman–Crippen MR) is 106 cm³/mol. The summed E-state index contributed by atoms with van der Waals surface area (Å²) in [4.78, 5) is 14.4. The van der Waals surface area contributed by atoms with Crippen LogP contribution in [0.5, 0.6) is 0 Å². The van der Waals surface area contributed by atoms with Crippen LogP contribution in [0.1, 0.15) is 36.7 Å². The Bertz CT molecular complexity index is 941. The molecule has 0 spiro atoms. The highest BCUT2D eigenvalue weighted by Gasteiger charge is 2.30. The van der Waals surface area contributed by atoms with Crippen LogP contribution in [-0.4, -0.2) is 49.7 Å². The molecule has 1 fully saturated rings. The van der Waals surface area contributed by atoms with E-state index in [-0.39, 0.29) is 29.3 Å². The minimum absolute atomic E-state index is 0.0470. The lowest BCUT2D eigenvalue weighted by Gasteiger charge is -2.34. The number of rotatable bonds is 3. The first-order valence-electron chi connectivity index (χ1n) is 9.24. The quantitative estimate of drug-likeness (QED) is 0.789. The zero-order valence-electron chi connectivity index (χ0n) is 16.4. The Hall–Kier alpha value is -2.25. The second-order valence-electron chi connectivity index (χ2n) is 7.98. The summed E-state index contributed by atoms with van der Waals surface area (Å²) in [6.45, 7) is 7.30. The molecular formula is C21H25FN2O3S. The monoisotopic (exact) mass is 404 g/mol. The van der Waals surface area contributed by atoms with Gasteiger partial charge in [0.25, 0.3) is 5.91 Å². The fraction of sp³-hybridized carbons (Fsp3) is 0.381.